The van der Waals surface area contributed by atoms with Crippen molar-refractivity contribution in [3.63, 3.8) is 0 Å². The van der Waals surface area contributed by atoms with E-state index in [2.05, 4.69) is 60.8 Å². The summed E-state index contributed by atoms with van der Waals surface area (Å²) in [5.41, 5.74) is 1.16. The number of aromatic nitrogens is 1. The molecular formula is C20H31BrN2O3Si. The molecule has 0 bridgehead atoms. The number of carbonyl (C=O) groups is 1. The number of nitrogens with zero attached hydrogens (tertiary/aromatic N) is 2. The molecule has 2 unspecified atom stereocenters. The van der Waals surface area contributed by atoms with Crippen LogP contribution in [0.2, 0.25) is 18.1 Å². The molecule has 2 aliphatic rings. The molecule has 5 nitrogen and oxygen atoms in total. The van der Waals surface area contributed by atoms with Gasteiger partial charge in [0.1, 0.15) is 5.82 Å². The molecule has 0 saturated carbocycles. The van der Waals surface area contributed by atoms with Gasteiger partial charge >= 0.3 is 0 Å². The highest BCUT2D eigenvalue weighted by Crippen LogP contribution is 2.44. The third kappa shape index (κ3) is 4.31. The van der Waals surface area contributed by atoms with Crippen molar-refractivity contribution in [2.45, 2.75) is 57.7 Å². The van der Waals surface area contributed by atoms with Crippen molar-refractivity contribution in [3.05, 3.63) is 22.3 Å². The lowest BCUT2D eigenvalue weighted by Gasteiger charge is -2.39. The van der Waals surface area contributed by atoms with Crippen molar-refractivity contribution in [2.24, 2.45) is 5.92 Å². The van der Waals surface area contributed by atoms with Gasteiger partial charge in [0.15, 0.2) is 8.32 Å². The van der Waals surface area contributed by atoms with Gasteiger partial charge in [0.25, 0.3) is 0 Å². The summed E-state index contributed by atoms with van der Waals surface area (Å²) in [5.74, 6) is 1.14. The molecule has 0 radical (unpaired) electrons. The fraction of sp³-hybridized carbons (Fsp3) is 0.700. The van der Waals surface area contributed by atoms with Gasteiger partial charge in [0.2, 0.25) is 5.91 Å². The zero-order valence-electron chi connectivity index (χ0n) is 17.0. The summed E-state index contributed by atoms with van der Waals surface area (Å²) in [6.07, 6.45) is 3.42. The second-order valence-electron chi connectivity index (χ2n) is 9.07. The number of carbonyl (C=O) groups excluding carboxylic acids is 1. The molecule has 1 aromatic rings. The first-order chi connectivity index (χ1) is 12.6. The zero-order valence-corrected chi connectivity index (χ0v) is 19.6. The first kappa shape index (κ1) is 21.0. The Morgan fingerprint density at radius 1 is 1.30 bits per heavy atom. The predicted octanol–water partition coefficient (Wildman–Crippen LogP) is 4.72. The van der Waals surface area contributed by atoms with Gasteiger partial charge in [-0.2, -0.15) is 0 Å². The van der Waals surface area contributed by atoms with Gasteiger partial charge in [-0.25, -0.2) is 4.98 Å². The molecule has 2 atom stereocenters. The Morgan fingerprint density at radius 2 is 1.96 bits per heavy atom. The summed E-state index contributed by atoms with van der Waals surface area (Å²) in [4.78, 5) is 19.7. The quantitative estimate of drug-likeness (QED) is 0.617. The second-order valence-corrected chi connectivity index (χ2v) is 14.8. The number of ether oxygens (including phenoxy) is 1. The average molecular weight is 455 g/mol. The van der Waals surface area contributed by atoms with Gasteiger partial charge in [0.05, 0.1) is 6.61 Å². The molecule has 27 heavy (non-hydrogen) atoms. The first-order valence-electron chi connectivity index (χ1n) is 9.80. The van der Waals surface area contributed by atoms with Gasteiger partial charge in [-0.05, 0) is 53.0 Å². The monoisotopic (exact) mass is 454 g/mol. The number of hydrogen-bond donors (Lipinski definition) is 0. The third-order valence-electron chi connectivity index (χ3n) is 6.32. The molecule has 1 amide bonds. The third-order valence-corrected chi connectivity index (χ3v) is 11.3. The average Bonchev–Trinajstić information content (AvgIpc) is 2.83. The lowest BCUT2D eigenvalue weighted by molar-refractivity contribution is -0.124. The zero-order chi connectivity index (χ0) is 19.8. The molecule has 0 aliphatic carbocycles. The largest absolute Gasteiger partial charge is 0.415 e. The van der Waals surface area contributed by atoms with Crippen LogP contribution in [-0.2, 0) is 14.0 Å². The maximum absolute atomic E-state index is 13.3. The van der Waals surface area contributed by atoms with Gasteiger partial charge in [-0.15, -0.1) is 0 Å². The Bertz CT molecular complexity index is 705. The Hall–Kier alpha value is -0.763. The Morgan fingerprint density at radius 3 is 2.63 bits per heavy atom. The van der Waals surface area contributed by atoms with E-state index in [4.69, 9.17) is 9.16 Å². The minimum absolute atomic E-state index is 0.0241. The second kappa shape index (κ2) is 7.93. The highest BCUT2D eigenvalue weighted by molar-refractivity contribution is 9.10. The molecule has 0 aromatic carbocycles. The molecule has 1 saturated heterocycles. The number of anilines is 1. The van der Waals surface area contributed by atoms with Crippen LogP contribution >= 0.6 is 15.9 Å². The van der Waals surface area contributed by atoms with E-state index < -0.39 is 8.32 Å². The number of halogens is 1. The summed E-state index contributed by atoms with van der Waals surface area (Å²) in [7, 11) is -1.84. The molecule has 1 aromatic heterocycles. The van der Waals surface area contributed by atoms with Crippen LogP contribution in [-0.4, -0.2) is 45.6 Å². The normalized spacial score (nSPS) is 23.6. The van der Waals surface area contributed by atoms with E-state index in [0.29, 0.717) is 26.4 Å². The van der Waals surface area contributed by atoms with Crippen LogP contribution in [0.1, 0.15) is 45.1 Å². The fourth-order valence-corrected chi connectivity index (χ4v) is 5.05. The van der Waals surface area contributed by atoms with Crippen molar-refractivity contribution in [1.82, 2.24) is 4.98 Å². The van der Waals surface area contributed by atoms with Gasteiger partial charge < -0.3 is 9.16 Å². The minimum atomic E-state index is -1.84. The Balaban J connectivity index is 1.83. The molecular weight excluding hydrogens is 424 g/mol. The van der Waals surface area contributed by atoms with E-state index in [1.54, 1.807) is 6.20 Å². The summed E-state index contributed by atoms with van der Waals surface area (Å²) in [6, 6.07) is 2.12. The summed E-state index contributed by atoms with van der Waals surface area (Å²) >= 11 is 3.55. The SMILES string of the molecule is CC(C)(C)[Si](C)(C)OCCN1C(=O)C2CCOCCC2c2cc(Br)cnc21. The van der Waals surface area contributed by atoms with E-state index >= 15 is 0 Å². The van der Waals surface area contributed by atoms with E-state index in [1.807, 2.05) is 4.90 Å². The van der Waals surface area contributed by atoms with Crippen molar-refractivity contribution in [2.75, 3.05) is 31.3 Å². The molecule has 3 rings (SSSR count). The summed E-state index contributed by atoms with van der Waals surface area (Å²) < 4.78 is 12.9. The molecule has 1 fully saturated rings. The molecule has 3 heterocycles. The lowest BCUT2D eigenvalue weighted by atomic mass is 9.79. The number of hydrogen-bond acceptors (Lipinski definition) is 4. The number of rotatable bonds is 4. The van der Waals surface area contributed by atoms with Gasteiger partial charge in [0, 0.05) is 47.8 Å². The number of pyridine rings is 1. The molecule has 0 N–H and O–H groups in total. The maximum Gasteiger partial charge on any atom is 0.232 e. The van der Waals surface area contributed by atoms with Gasteiger partial charge in [-0.1, -0.05) is 20.8 Å². The maximum atomic E-state index is 13.3. The van der Waals surface area contributed by atoms with Crippen LogP contribution in [0.25, 0.3) is 0 Å². The molecule has 2 aliphatic heterocycles. The van der Waals surface area contributed by atoms with Crippen LogP contribution in [0.15, 0.2) is 16.7 Å². The fourth-order valence-electron chi connectivity index (χ4n) is 3.67. The Labute approximate surface area is 172 Å². The lowest BCUT2D eigenvalue weighted by Crippen LogP contribution is -2.47. The van der Waals surface area contributed by atoms with E-state index in [1.165, 1.54) is 0 Å². The van der Waals surface area contributed by atoms with Crippen LogP contribution in [0.5, 0.6) is 0 Å². The predicted molar refractivity (Wildman–Crippen MR) is 114 cm³/mol. The van der Waals surface area contributed by atoms with Crippen molar-refractivity contribution < 1.29 is 14.0 Å². The number of amides is 1. The topological polar surface area (TPSA) is 51.7 Å². The summed E-state index contributed by atoms with van der Waals surface area (Å²) in [5, 5.41) is 0.156. The first-order valence-corrected chi connectivity index (χ1v) is 13.5. The van der Waals surface area contributed by atoms with Crippen molar-refractivity contribution in [1.29, 1.82) is 0 Å². The van der Waals surface area contributed by atoms with E-state index in [0.717, 1.165) is 28.7 Å². The molecule has 150 valence electrons. The highest BCUT2D eigenvalue weighted by atomic mass is 79.9. The van der Waals surface area contributed by atoms with Crippen molar-refractivity contribution >= 4 is 36.0 Å². The Kier molecular flexibility index (Phi) is 6.16. The smallest absolute Gasteiger partial charge is 0.232 e. The molecule has 7 heteroatoms. The van der Waals surface area contributed by atoms with Gasteiger partial charge in [-0.3, -0.25) is 9.69 Å². The highest BCUT2D eigenvalue weighted by Gasteiger charge is 2.42. The van der Waals surface area contributed by atoms with Crippen LogP contribution < -0.4 is 4.90 Å². The number of fused-ring (bicyclic) bond motifs is 3. The van der Waals surface area contributed by atoms with Crippen LogP contribution in [0.4, 0.5) is 5.82 Å². The standard InChI is InChI=1S/C20H31BrN2O3Si/c1-20(2,3)27(4,5)26-11-8-23-18-17(12-14(21)13-22-18)15-6-9-25-10-7-16(15)19(23)24/h12-13,15-16H,6-11H2,1-5H3. The molecule has 0 spiro atoms. The van der Waals surface area contributed by atoms with E-state index in [-0.39, 0.29) is 22.8 Å². The summed E-state index contributed by atoms with van der Waals surface area (Å²) in [6.45, 7) is 13.6. The minimum Gasteiger partial charge on any atom is -0.415 e. The van der Waals surface area contributed by atoms with Crippen molar-refractivity contribution in [3.8, 4) is 0 Å². The van der Waals surface area contributed by atoms with E-state index in [9.17, 15) is 4.79 Å². The van der Waals surface area contributed by atoms with Crippen LogP contribution in [0.3, 0.4) is 0 Å². The van der Waals surface area contributed by atoms with Crippen LogP contribution in [0, 0.1) is 5.92 Å².